The lowest BCUT2D eigenvalue weighted by Gasteiger charge is -2.09. The SMILES string of the molecule is CCCCc1c(C)nc2nc(SCC(=O)NCCOc3ccccc3)nn2c1C. The highest BCUT2D eigenvalue weighted by atomic mass is 32.2. The first-order chi connectivity index (χ1) is 14.1. The van der Waals surface area contributed by atoms with Crippen LogP contribution in [0, 0.1) is 13.8 Å². The first-order valence-electron chi connectivity index (χ1n) is 9.88. The number of nitrogens with one attached hydrogen (secondary N) is 1. The van der Waals surface area contributed by atoms with Crippen molar-refractivity contribution in [2.75, 3.05) is 18.9 Å². The third-order valence-electron chi connectivity index (χ3n) is 4.58. The smallest absolute Gasteiger partial charge is 0.253 e. The van der Waals surface area contributed by atoms with Gasteiger partial charge in [-0.1, -0.05) is 43.3 Å². The molecule has 0 spiro atoms. The van der Waals surface area contributed by atoms with E-state index in [-0.39, 0.29) is 11.7 Å². The second kappa shape index (κ2) is 10.2. The summed E-state index contributed by atoms with van der Waals surface area (Å²) in [5, 5.41) is 7.94. The van der Waals surface area contributed by atoms with Gasteiger partial charge in [0.2, 0.25) is 11.1 Å². The molecule has 0 radical (unpaired) electrons. The third-order valence-corrected chi connectivity index (χ3v) is 5.42. The molecule has 8 heteroatoms. The number of carbonyl (C=O) groups is 1. The van der Waals surface area contributed by atoms with E-state index in [1.807, 2.05) is 37.3 Å². The van der Waals surface area contributed by atoms with Gasteiger partial charge in [0.25, 0.3) is 5.78 Å². The first kappa shape index (κ1) is 21.1. The highest BCUT2D eigenvalue weighted by molar-refractivity contribution is 7.99. The Bertz CT molecular complexity index is 959. The van der Waals surface area contributed by atoms with Gasteiger partial charge < -0.3 is 10.1 Å². The zero-order valence-corrected chi connectivity index (χ0v) is 18.0. The maximum Gasteiger partial charge on any atom is 0.253 e. The molecule has 0 aliphatic heterocycles. The summed E-state index contributed by atoms with van der Waals surface area (Å²) in [6.07, 6.45) is 3.26. The van der Waals surface area contributed by atoms with Gasteiger partial charge in [-0.2, -0.15) is 4.98 Å². The second-order valence-corrected chi connectivity index (χ2v) is 7.71. The molecule has 0 fully saturated rings. The maximum atomic E-state index is 12.1. The molecule has 29 heavy (non-hydrogen) atoms. The van der Waals surface area contributed by atoms with Gasteiger partial charge >= 0.3 is 0 Å². The van der Waals surface area contributed by atoms with E-state index in [1.54, 1.807) is 4.52 Å². The normalized spacial score (nSPS) is 11.0. The van der Waals surface area contributed by atoms with Gasteiger partial charge in [0.1, 0.15) is 12.4 Å². The Morgan fingerprint density at radius 1 is 1.21 bits per heavy atom. The van der Waals surface area contributed by atoms with Gasteiger partial charge in [-0.25, -0.2) is 9.50 Å². The molecule has 0 aliphatic rings. The van der Waals surface area contributed by atoms with Crippen LogP contribution in [-0.4, -0.2) is 44.4 Å². The van der Waals surface area contributed by atoms with Crippen molar-refractivity contribution in [3.8, 4) is 5.75 Å². The average Bonchev–Trinajstić information content (AvgIpc) is 3.13. The molecule has 2 aromatic heterocycles. The van der Waals surface area contributed by atoms with E-state index < -0.39 is 0 Å². The fourth-order valence-corrected chi connectivity index (χ4v) is 3.67. The zero-order valence-electron chi connectivity index (χ0n) is 17.1. The van der Waals surface area contributed by atoms with Crippen LogP contribution in [0.15, 0.2) is 35.5 Å². The zero-order chi connectivity index (χ0) is 20.6. The molecule has 1 aromatic carbocycles. The molecule has 0 aliphatic carbocycles. The van der Waals surface area contributed by atoms with Crippen LogP contribution in [0.25, 0.3) is 5.78 Å². The van der Waals surface area contributed by atoms with Crippen molar-refractivity contribution in [1.29, 1.82) is 0 Å². The van der Waals surface area contributed by atoms with Crippen molar-refractivity contribution < 1.29 is 9.53 Å². The third kappa shape index (κ3) is 5.69. The van der Waals surface area contributed by atoms with Crippen LogP contribution in [0.3, 0.4) is 0 Å². The molecule has 0 unspecified atom stereocenters. The van der Waals surface area contributed by atoms with Gasteiger partial charge in [0.05, 0.1) is 12.3 Å². The number of benzene rings is 1. The number of ether oxygens (including phenoxy) is 1. The molecule has 0 saturated heterocycles. The average molecular weight is 414 g/mol. The number of carbonyl (C=O) groups excluding carboxylic acids is 1. The van der Waals surface area contributed by atoms with Crippen LogP contribution < -0.4 is 10.1 Å². The lowest BCUT2D eigenvalue weighted by Crippen LogP contribution is -2.29. The van der Waals surface area contributed by atoms with Crippen molar-refractivity contribution in [2.45, 2.75) is 45.2 Å². The number of hydrogen-bond donors (Lipinski definition) is 1. The number of fused-ring (bicyclic) bond motifs is 1. The number of unbranched alkanes of at least 4 members (excludes halogenated alkanes) is 1. The molecule has 154 valence electrons. The molecule has 3 rings (SSSR count). The fourth-order valence-electron chi connectivity index (χ4n) is 3.02. The highest BCUT2D eigenvalue weighted by Gasteiger charge is 2.14. The van der Waals surface area contributed by atoms with E-state index >= 15 is 0 Å². The van der Waals surface area contributed by atoms with Crippen LogP contribution in [0.2, 0.25) is 0 Å². The summed E-state index contributed by atoms with van der Waals surface area (Å²) in [6, 6.07) is 9.54. The number of aromatic nitrogens is 4. The van der Waals surface area contributed by atoms with E-state index in [0.717, 1.165) is 36.4 Å². The largest absolute Gasteiger partial charge is 0.492 e. The summed E-state index contributed by atoms with van der Waals surface area (Å²) >= 11 is 1.31. The predicted molar refractivity (Wildman–Crippen MR) is 115 cm³/mol. The lowest BCUT2D eigenvalue weighted by atomic mass is 10.1. The Kier molecular flexibility index (Phi) is 7.46. The minimum atomic E-state index is -0.0741. The first-order valence-corrected chi connectivity index (χ1v) is 10.9. The summed E-state index contributed by atoms with van der Waals surface area (Å²) in [7, 11) is 0. The monoisotopic (exact) mass is 413 g/mol. The number of nitrogens with zero attached hydrogens (tertiary/aromatic N) is 4. The molecule has 1 amide bonds. The number of para-hydroxylation sites is 1. The minimum Gasteiger partial charge on any atom is -0.492 e. The molecule has 0 saturated carbocycles. The number of amides is 1. The van der Waals surface area contributed by atoms with Crippen LogP contribution in [-0.2, 0) is 11.2 Å². The van der Waals surface area contributed by atoms with E-state index in [0.29, 0.717) is 24.1 Å². The Morgan fingerprint density at radius 2 is 2.00 bits per heavy atom. The summed E-state index contributed by atoms with van der Waals surface area (Å²) in [5.41, 5.74) is 3.31. The van der Waals surface area contributed by atoms with Crippen molar-refractivity contribution >= 4 is 23.4 Å². The van der Waals surface area contributed by atoms with Gasteiger partial charge in [-0.3, -0.25) is 4.79 Å². The molecule has 2 heterocycles. The van der Waals surface area contributed by atoms with Gasteiger partial charge in [0, 0.05) is 11.4 Å². The number of hydrogen-bond acceptors (Lipinski definition) is 6. The molecule has 7 nitrogen and oxygen atoms in total. The van der Waals surface area contributed by atoms with Crippen LogP contribution in [0.4, 0.5) is 0 Å². The molecular weight excluding hydrogens is 386 g/mol. The Morgan fingerprint density at radius 3 is 2.76 bits per heavy atom. The maximum absolute atomic E-state index is 12.1. The molecule has 0 bridgehead atoms. The summed E-state index contributed by atoms with van der Waals surface area (Å²) < 4.78 is 7.35. The van der Waals surface area contributed by atoms with Crippen molar-refractivity contribution in [2.24, 2.45) is 0 Å². The van der Waals surface area contributed by atoms with E-state index in [4.69, 9.17) is 4.74 Å². The fraction of sp³-hybridized carbons (Fsp3) is 0.429. The Balaban J connectivity index is 1.51. The summed E-state index contributed by atoms with van der Waals surface area (Å²) in [6.45, 7) is 7.13. The number of aryl methyl sites for hydroxylation is 2. The highest BCUT2D eigenvalue weighted by Crippen LogP contribution is 2.19. The topological polar surface area (TPSA) is 81.4 Å². The van der Waals surface area contributed by atoms with Crippen LogP contribution >= 0.6 is 11.8 Å². The van der Waals surface area contributed by atoms with Gasteiger partial charge in [-0.15, -0.1) is 5.10 Å². The molecule has 3 aromatic rings. The van der Waals surface area contributed by atoms with Gasteiger partial charge in [-0.05, 0) is 44.4 Å². The summed E-state index contributed by atoms with van der Waals surface area (Å²) in [5.74, 6) is 1.55. The number of rotatable bonds is 10. The predicted octanol–water partition coefficient (Wildman–Crippen LogP) is 3.37. The van der Waals surface area contributed by atoms with Crippen LogP contribution in [0.5, 0.6) is 5.75 Å². The van der Waals surface area contributed by atoms with E-state index in [9.17, 15) is 4.79 Å². The Hall–Kier alpha value is -2.61. The van der Waals surface area contributed by atoms with E-state index in [2.05, 4.69) is 34.2 Å². The summed E-state index contributed by atoms with van der Waals surface area (Å²) in [4.78, 5) is 21.1. The quantitative estimate of drug-likeness (QED) is 0.405. The molecule has 0 atom stereocenters. The number of thioether (sulfide) groups is 1. The molecular formula is C21H27N5O2S. The molecule has 1 N–H and O–H groups in total. The standard InChI is InChI=1S/C21H27N5O2S/c1-4-5-11-18-15(2)23-20-24-21(25-26(20)16(18)3)29-14-19(27)22-12-13-28-17-9-7-6-8-10-17/h6-10H,4-5,11-14H2,1-3H3,(H,22,27). The Labute approximate surface area is 175 Å². The second-order valence-electron chi connectivity index (χ2n) is 6.77. The van der Waals surface area contributed by atoms with Gasteiger partial charge in [0.15, 0.2) is 0 Å². The van der Waals surface area contributed by atoms with Crippen molar-refractivity contribution in [1.82, 2.24) is 24.9 Å². The van der Waals surface area contributed by atoms with E-state index in [1.165, 1.54) is 17.3 Å². The lowest BCUT2D eigenvalue weighted by molar-refractivity contribution is -0.118. The minimum absolute atomic E-state index is 0.0741. The van der Waals surface area contributed by atoms with Crippen molar-refractivity contribution in [3.63, 3.8) is 0 Å². The van der Waals surface area contributed by atoms with Crippen molar-refractivity contribution in [3.05, 3.63) is 47.3 Å². The van der Waals surface area contributed by atoms with Crippen LogP contribution in [0.1, 0.15) is 36.7 Å².